The van der Waals surface area contributed by atoms with Crippen LogP contribution in [0.4, 0.5) is 5.69 Å². The maximum Gasteiger partial charge on any atom is 0.227 e. The fraction of sp³-hybridized carbons (Fsp3) is 0.611. The van der Waals surface area contributed by atoms with Crippen LogP contribution in [-0.4, -0.2) is 43.0 Å². The summed E-state index contributed by atoms with van der Waals surface area (Å²) in [5.41, 5.74) is 7.47. The number of rotatable bonds is 2. The smallest absolute Gasteiger partial charge is 0.227 e. The number of halogens is 1. The van der Waals surface area contributed by atoms with Crippen molar-refractivity contribution in [1.29, 1.82) is 0 Å². The number of amides is 1. The molecule has 2 N–H and O–H groups in total. The Morgan fingerprint density at radius 2 is 1.87 bits per heavy atom. The Bertz CT molecular complexity index is 598. The molecule has 1 amide bonds. The first-order valence-electron chi connectivity index (χ1n) is 8.68. The first kappa shape index (κ1) is 15.3. The summed E-state index contributed by atoms with van der Waals surface area (Å²) in [6, 6.07) is 8.03. The van der Waals surface area contributed by atoms with E-state index in [-0.39, 0.29) is 12.0 Å². The molecular weight excluding hydrogens is 310 g/mol. The predicted octanol–water partition coefficient (Wildman–Crippen LogP) is 2.36. The van der Waals surface area contributed by atoms with Crippen LogP contribution >= 0.6 is 11.6 Å². The molecule has 1 saturated heterocycles. The molecule has 0 radical (unpaired) electrons. The highest BCUT2D eigenvalue weighted by molar-refractivity contribution is 6.30. The molecule has 4 rings (SSSR count). The molecule has 3 fully saturated rings. The topological polar surface area (TPSA) is 49.6 Å². The minimum Gasteiger partial charge on any atom is -0.368 e. The maximum absolute atomic E-state index is 12.9. The normalized spacial score (nSPS) is 33.3. The third-order valence-corrected chi connectivity index (χ3v) is 6.27. The van der Waals surface area contributed by atoms with Crippen LogP contribution < -0.4 is 10.6 Å². The highest BCUT2D eigenvalue weighted by atomic mass is 35.5. The molecule has 4 atom stereocenters. The lowest BCUT2D eigenvalue weighted by atomic mass is 9.84. The van der Waals surface area contributed by atoms with E-state index in [1.54, 1.807) is 0 Å². The Labute approximate surface area is 142 Å². The Balaban J connectivity index is 1.39. The molecule has 1 aliphatic heterocycles. The summed E-state index contributed by atoms with van der Waals surface area (Å²) in [6.07, 6.45) is 3.58. The van der Waals surface area contributed by atoms with Gasteiger partial charge in [0.2, 0.25) is 5.91 Å². The van der Waals surface area contributed by atoms with Gasteiger partial charge in [-0.3, -0.25) is 4.79 Å². The second kappa shape index (κ2) is 5.99. The second-order valence-corrected chi connectivity index (χ2v) is 7.66. The van der Waals surface area contributed by atoms with Gasteiger partial charge >= 0.3 is 0 Å². The lowest BCUT2D eigenvalue weighted by Gasteiger charge is -2.39. The Kier molecular flexibility index (Phi) is 3.98. The first-order valence-corrected chi connectivity index (χ1v) is 9.06. The summed E-state index contributed by atoms with van der Waals surface area (Å²) < 4.78 is 0. The summed E-state index contributed by atoms with van der Waals surface area (Å²) in [5, 5.41) is 0.758. The van der Waals surface area contributed by atoms with E-state index in [0.29, 0.717) is 17.7 Å². The lowest BCUT2D eigenvalue weighted by molar-refractivity contribution is -0.138. The van der Waals surface area contributed by atoms with Gasteiger partial charge in [0.1, 0.15) is 0 Å². The van der Waals surface area contributed by atoms with Gasteiger partial charge in [-0.25, -0.2) is 0 Å². The van der Waals surface area contributed by atoms with E-state index in [0.717, 1.165) is 36.9 Å². The van der Waals surface area contributed by atoms with Crippen LogP contribution in [-0.2, 0) is 4.79 Å². The van der Waals surface area contributed by atoms with Gasteiger partial charge in [-0.1, -0.05) is 17.7 Å². The number of hydrogen-bond acceptors (Lipinski definition) is 3. The molecule has 124 valence electrons. The van der Waals surface area contributed by atoms with Gasteiger partial charge in [-0.2, -0.15) is 0 Å². The van der Waals surface area contributed by atoms with Crippen LogP contribution in [0.5, 0.6) is 0 Å². The number of nitrogens with zero attached hydrogens (tertiary/aromatic N) is 2. The van der Waals surface area contributed by atoms with E-state index in [1.807, 2.05) is 23.1 Å². The van der Waals surface area contributed by atoms with Crippen molar-refractivity contribution in [1.82, 2.24) is 4.90 Å². The molecule has 0 spiro atoms. The van der Waals surface area contributed by atoms with Gasteiger partial charge in [0.25, 0.3) is 0 Å². The number of carbonyl (C=O) groups is 1. The monoisotopic (exact) mass is 333 g/mol. The third kappa shape index (κ3) is 2.72. The van der Waals surface area contributed by atoms with Crippen LogP contribution in [0.15, 0.2) is 24.3 Å². The minimum absolute atomic E-state index is 0.0754. The number of anilines is 1. The molecule has 1 heterocycles. The number of benzene rings is 1. The number of hydrogen-bond donors (Lipinski definition) is 1. The van der Waals surface area contributed by atoms with Crippen molar-refractivity contribution >= 4 is 23.2 Å². The molecule has 23 heavy (non-hydrogen) atoms. The van der Waals surface area contributed by atoms with Gasteiger partial charge in [-0.15, -0.1) is 0 Å². The van der Waals surface area contributed by atoms with E-state index >= 15 is 0 Å². The summed E-state index contributed by atoms with van der Waals surface area (Å²) in [4.78, 5) is 17.2. The van der Waals surface area contributed by atoms with E-state index in [2.05, 4.69) is 11.0 Å². The molecule has 4 unspecified atom stereocenters. The van der Waals surface area contributed by atoms with E-state index in [4.69, 9.17) is 17.3 Å². The number of fused-ring (bicyclic) bond motifs is 2. The van der Waals surface area contributed by atoms with Crippen molar-refractivity contribution in [2.24, 2.45) is 23.5 Å². The standard InChI is InChI=1S/C18H24ClN3O/c19-14-2-1-3-15(11-14)21-6-8-22(9-7-21)18(23)16-12-4-5-13(10-12)17(16)20/h1-3,11-13,16-17H,4-10,20H2. The average Bonchev–Trinajstić information content (AvgIpc) is 3.15. The minimum atomic E-state index is 0.0754. The van der Waals surface area contributed by atoms with Crippen molar-refractivity contribution in [2.75, 3.05) is 31.1 Å². The summed E-state index contributed by atoms with van der Waals surface area (Å²) >= 11 is 6.08. The second-order valence-electron chi connectivity index (χ2n) is 7.23. The molecule has 1 aromatic rings. The molecular formula is C18H24ClN3O. The fourth-order valence-corrected chi connectivity index (χ4v) is 4.96. The van der Waals surface area contributed by atoms with Gasteiger partial charge in [0.05, 0.1) is 5.92 Å². The lowest BCUT2D eigenvalue weighted by Crippen LogP contribution is -2.53. The van der Waals surface area contributed by atoms with Crippen molar-refractivity contribution in [3.8, 4) is 0 Å². The van der Waals surface area contributed by atoms with Gasteiger partial charge < -0.3 is 15.5 Å². The molecule has 1 aromatic carbocycles. The SMILES string of the molecule is NC1C2CCC(C2)C1C(=O)N1CCN(c2cccc(Cl)c2)CC1. The van der Waals surface area contributed by atoms with E-state index < -0.39 is 0 Å². The third-order valence-electron chi connectivity index (χ3n) is 6.03. The number of piperazine rings is 1. The average molecular weight is 334 g/mol. The van der Waals surface area contributed by atoms with Gasteiger partial charge in [0.15, 0.2) is 0 Å². The number of nitrogens with two attached hydrogens (primary N) is 1. The first-order chi connectivity index (χ1) is 11.1. The Morgan fingerprint density at radius 3 is 2.52 bits per heavy atom. The molecule has 3 aliphatic rings. The van der Waals surface area contributed by atoms with Gasteiger partial charge in [-0.05, 0) is 49.3 Å². The zero-order valence-electron chi connectivity index (χ0n) is 13.3. The van der Waals surface area contributed by atoms with E-state index in [1.165, 1.54) is 19.3 Å². The largest absolute Gasteiger partial charge is 0.368 e. The quantitative estimate of drug-likeness (QED) is 0.904. The summed E-state index contributed by atoms with van der Waals surface area (Å²) in [7, 11) is 0. The van der Waals surface area contributed by atoms with E-state index in [9.17, 15) is 4.79 Å². The Morgan fingerprint density at radius 1 is 1.13 bits per heavy atom. The molecule has 2 bridgehead atoms. The van der Waals surface area contributed by atoms with Crippen LogP contribution in [0.25, 0.3) is 0 Å². The predicted molar refractivity (Wildman–Crippen MR) is 92.5 cm³/mol. The number of carbonyl (C=O) groups excluding carboxylic acids is 1. The molecule has 4 nitrogen and oxygen atoms in total. The van der Waals surface area contributed by atoms with Gasteiger partial charge in [0, 0.05) is 42.9 Å². The molecule has 5 heteroatoms. The zero-order valence-corrected chi connectivity index (χ0v) is 14.1. The fourth-order valence-electron chi connectivity index (χ4n) is 4.77. The summed E-state index contributed by atoms with van der Waals surface area (Å²) in [5.74, 6) is 1.50. The summed E-state index contributed by atoms with van der Waals surface area (Å²) in [6.45, 7) is 3.29. The highest BCUT2D eigenvalue weighted by Crippen LogP contribution is 2.48. The van der Waals surface area contributed by atoms with Crippen LogP contribution in [0.2, 0.25) is 5.02 Å². The van der Waals surface area contributed by atoms with Crippen molar-refractivity contribution in [3.05, 3.63) is 29.3 Å². The molecule has 2 aliphatic carbocycles. The Hall–Kier alpha value is -1.26. The van der Waals surface area contributed by atoms with Crippen molar-refractivity contribution in [3.63, 3.8) is 0 Å². The van der Waals surface area contributed by atoms with Crippen LogP contribution in [0.1, 0.15) is 19.3 Å². The maximum atomic E-state index is 12.9. The van der Waals surface area contributed by atoms with Crippen LogP contribution in [0, 0.1) is 17.8 Å². The van der Waals surface area contributed by atoms with Crippen molar-refractivity contribution in [2.45, 2.75) is 25.3 Å². The zero-order chi connectivity index (χ0) is 16.0. The van der Waals surface area contributed by atoms with Crippen molar-refractivity contribution < 1.29 is 4.79 Å². The molecule has 0 aromatic heterocycles. The van der Waals surface area contributed by atoms with Crippen LogP contribution in [0.3, 0.4) is 0 Å². The molecule has 2 saturated carbocycles. The highest BCUT2D eigenvalue weighted by Gasteiger charge is 2.50.